The first kappa shape index (κ1) is 14.0. The van der Waals surface area contributed by atoms with E-state index in [9.17, 15) is 9.59 Å². The van der Waals surface area contributed by atoms with Gasteiger partial charge in [0.15, 0.2) is 0 Å². The van der Waals surface area contributed by atoms with E-state index in [4.69, 9.17) is 5.11 Å². The van der Waals surface area contributed by atoms with E-state index in [1.54, 1.807) is 0 Å². The molecular formula is C12H22N2O3. The first-order chi connectivity index (χ1) is 8.11. The predicted molar refractivity (Wildman–Crippen MR) is 64.7 cm³/mol. The van der Waals surface area contributed by atoms with Gasteiger partial charge >= 0.3 is 5.97 Å². The number of carboxylic acid groups (broad SMARTS) is 1. The first-order valence-electron chi connectivity index (χ1n) is 6.32. The Bertz CT molecular complexity index is 268. The van der Waals surface area contributed by atoms with Crippen LogP contribution in [-0.2, 0) is 9.59 Å². The topological polar surface area (TPSA) is 69.6 Å². The smallest absolute Gasteiger partial charge is 0.303 e. The summed E-state index contributed by atoms with van der Waals surface area (Å²) in [6.07, 6.45) is 3.10. The molecule has 0 radical (unpaired) electrons. The van der Waals surface area contributed by atoms with Crippen LogP contribution < -0.4 is 5.32 Å². The van der Waals surface area contributed by atoms with Crippen molar-refractivity contribution in [3.63, 3.8) is 0 Å². The molecule has 5 nitrogen and oxygen atoms in total. The molecule has 0 aromatic rings. The molecule has 1 atom stereocenters. The lowest BCUT2D eigenvalue weighted by Gasteiger charge is -2.31. The molecule has 0 aromatic heterocycles. The lowest BCUT2D eigenvalue weighted by atomic mass is 9.95. The normalized spacial score (nSPS) is 21.1. The van der Waals surface area contributed by atoms with Gasteiger partial charge in [-0.25, -0.2) is 0 Å². The fourth-order valence-corrected chi connectivity index (χ4v) is 2.23. The summed E-state index contributed by atoms with van der Waals surface area (Å²) in [5.41, 5.74) is 0. The van der Waals surface area contributed by atoms with Gasteiger partial charge in [0.05, 0.1) is 6.54 Å². The number of carbonyl (C=O) groups excluding carboxylic acids is 1. The molecular weight excluding hydrogens is 220 g/mol. The molecule has 1 rings (SSSR count). The fourth-order valence-electron chi connectivity index (χ4n) is 2.23. The van der Waals surface area contributed by atoms with Crippen molar-refractivity contribution in [2.45, 2.75) is 32.6 Å². The molecule has 0 spiro atoms. The SMILES string of the molecule is CCCNC(=O)CN1CCCC(CC(=O)O)C1. The van der Waals surface area contributed by atoms with Crippen LogP contribution in [0.1, 0.15) is 32.6 Å². The van der Waals surface area contributed by atoms with Gasteiger partial charge in [-0.2, -0.15) is 0 Å². The Balaban J connectivity index is 2.28. The summed E-state index contributed by atoms with van der Waals surface area (Å²) >= 11 is 0. The summed E-state index contributed by atoms with van der Waals surface area (Å²) in [6.45, 7) is 4.76. The Morgan fingerprint density at radius 1 is 1.47 bits per heavy atom. The zero-order valence-corrected chi connectivity index (χ0v) is 10.4. The van der Waals surface area contributed by atoms with Crippen LogP contribution in [-0.4, -0.2) is 48.1 Å². The average Bonchev–Trinajstić information content (AvgIpc) is 2.26. The van der Waals surface area contributed by atoms with E-state index in [0.29, 0.717) is 13.1 Å². The number of hydrogen-bond donors (Lipinski definition) is 2. The third kappa shape index (κ3) is 5.68. The molecule has 1 unspecified atom stereocenters. The zero-order valence-electron chi connectivity index (χ0n) is 10.4. The van der Waals surface area contributed by atoms with E-state index in [-0.39, 0.29) is 18.2 Å². The standard InChI is InChI=1S/C12H22N2O3/c1-2-5-13-11(15)9-14-6-3-4-10(8-14)7-12(16)17/h10H,2-9H2,1H3,(H,13,15)(H,16,17). The van der Waals surface area contributed by atoms with Crippen LogP contribution in [0.4, 0.5) is 0 Å². The van der Waals surface area contributed by atoms with Crippen molar-refractivity contribution in [1.29, 1.82) is 0 Å². The summed E-state index contributed by atoms with van der Waals surface area (Å²) in [7, 11) is 0. The highest BCUT2D eigenvalue weighted by Gasteiger charge is 2.23. The Morgan fingerprint density at radius 2 is 2.24 bits per heavy atom. The van der Waals surface area contributed by atoms with Crippen LogP contribution >= 0.6 is 0 Å². The summed E-state index contributed by atoms with van der Waals surface area (Å²) in [5, 5.41) is 11.6. The molecule has 17 heavy (non-hydrogen) atoms. The number of nitrogens with zero attached hydrogens (tertiary/aromatic N) is 1. The van der Waals surface area contributed by atoms with Crippen molar-refractivity contribution in [3.8, 4) is 0 Å². The van der Waals surface area contributed by atoms with Gasteiger partial charge < -0.3 is 10.4 Å². The number of piperidine rings is 1. The van der Waals surface area contributed by atoms with E-state index in [1.807, 2.05) is 6.92 Å². The Morgan fingerprint density at radius 3 is 2.88 bits per heavy atom. The fraction of sp³-hybridized carbons (Fsp3) is 0.833. The van der Waals surface area contributed by atoms with Crippen LogP contribution in [0.5, 0.6) is 0 Å². The van der Waals surface area contributed by atoms with Crippen LogP contribution in [0.2, 0.25) is 0 Å². The molecule has 2 N–H and O–H groups in total. The van der Waals surface area contributed by atoms with Gasteiger partial charge in [0.25, 0.3) is 0 Å². The lowest BCUT2D eigenvalue weighted by molar-refractivity contribution is -0.138. The molecule has 0 saturated carbocycles. The lowest BCUT2D eigenvalue weighted by Crippen LogP contribution is -2.43. The van der Waals surface area contributed by atoms with Crippen LogP contribution in [0.3, 0.4) is 0 Å². The highest BCUT2D eigenvalue weighted by atomic mass is 16.4. The third-order valence-corrected chi connectivity index (χ3v) is 3.01. The van der Waals surface area contributed by atoms with E-state index >= 15 is 0 Å². The maximum atomic E-state index is 11.5. The second kappa shape index (κ2) is 7.27. The molecule has 1 heterocycles. The van der Waals surface area contributed by atoms with Crippen LogP contribution in [0, 0.1) is 5.92 Å². The van der Waals surface area contributed by atoms with Gasteiger partial charge in [0.2, 0.25) is 5.91 Å². The van der Waals surface area contributed by atoms with Crippen molar-refractivity contribution in [2.75, 3.05) is 26.2 Å². The number of nitrogens with one attached hydrogen (secondary N) is 1. The maximum Gasteiger partial charge on any atom is 0.303 e. The van der Waals surface area contributed by atoms with Crippen molar-refractivity contribution in [3.05, 3.63) is 0 Å². The number of carboxylic acids is 1. The van der Waals surface area contributed by atoms with E-state index < -0.39 is 5.97 Å². The summed E-state index contributed by atoms with van der Waals surface area (Å²) in [4.78, 5) is 24.2. The average molecular weight is 242 g/mol. The van der Waals surface area contributed by atoms with Gasteiger partial charge in [0.1, 0.15) is 0 Å². The second-order valence-electron chi connectivity index (χ2n) is 4.69. The molecule has 0 aliphatic carbocycles. The van der Waals surface area contributed by atoms with Crippen molar-refractivity contribution in [1.82, 2.24) is 10.2 Å². The van der Waals surface area contributed by atoms with Gasteiger partial charge in [-0.3, -0.25) is 14.5 Å². The Kier molecular flexibility index (Phi) is 5.97. The molecule has 1 amide bonds. The van der Waals surface area contributed by atoms with E-state index in [0.717, 1.165) is 32.4 Å². The number of aliphatic carboxylic acids is 1. The highest BCUT2D eigenvalue weighted by molar-refractivity contribution is 5.78. The molecule has 0 aromatic carbocycles. The largest absolute Gasteiger partial charge is 0.481 e. The van der Waals surface area contributed by atoms with Crippen molar-refractivity contribution < 1.29 is 14.7 Å². The molecule has 0 bridgehead atoms. The first-order valence-corrected chi connectivity index (χ1v) is 6.32. The molecule has 1 aliphatic heterocycles. The monoisotopic (exact) mass is 242 g/mol. The molecule has 5 heteroatoms. The van der Waals surface area contributed by atoms with Gasteiger partial charge in [0, 0.05) is 19.5 Å². The molecule has 1 aliphatic rings. The highest BCUT2D eigenvalue weighted by Crippen LogP contribution is 2.19. The number of rotatable bonds is 6. The van der Waals surface area contributed by atoms with Gasteiger partial charge in [-0.15, -0.1) is 0 Å². The Labute approximate surface area is 102 Å². The minimum absolute atomic E-state index is 0.0443. The molecule has 1 saturated heterocycles. The number of amides is 1. The zero-order chi connectivity index (χ0) is 12.7. The summed E-state index contributed by atoms with van der Waals surface area (Å²) in [6, 6.07) is 0. The minimum atomic E-state index is -0.743. The number of likely N-dealkylation sites (tertiary alicyclic amines) is 1. The minimum Gasteiger partial charge on any atom is -0.481 e. The number of hydrogen-bond acceptors (Lipinski definition) is 3. The third-order valence-electron chi connectivity index (χ3n) is 3.01. The van der Waals surface area contributed by atoms with Gasteiger partial charge in [-0.05, 0) is 31.7 Å². The second-order valence-corrected chi connectivity index (χ2v) is 4.69. The number of carbonyl (C=O) groups is 2. The van der Waals surface area contributed by atoms with Crippen LogP contribution in [0.25, 0.3) is 0 Å². The van der Waals surface area contributed by atoms with Crippen LogP contribution in [0.15, 0.2) is 0 Å². The van der Waals surface area contributed by atoms with E-state index in [2.05, 4.69) is 10.2 Å². The Hall–Kier alpha value is -1.10. The van der Waals surface area contributed by atoms with Crippen molar-refractivity contribution in [2.24, 2.45) is 5.92 Å². The summed E-state index contributed by atoms with van der Waals surface area (Å²) in [5.74, 6) is -0.504. The predicted octanol–water partition coefficient (Wildman–Crippen LogP) is 0.699. The van der Waals surface area contributed by atoms with Crippen molar-refractivity contribution >= 4 is 11.9 Å². The van der Waals surface area contributed by atoms with Gasteiger partial charge in [-0.1, -0.05) is 6.92 Å². The quantitative estimate of drug-likeness (QED) is 0.719. The summed E-state index contributed by atoms with van der Waals surface area (Å²) < 4.78 is 0. The maximum absolute atomic E-state index is 11.5. The van der Waals surface area contributed by atoms with E-state index in [1.165, 1.54) is 0 Å². The molecule has 98 valence electrons. The molecule has 1 fully saturated rings.